The number of aryl methyl sites for hydroxylation is 2. The van der Waals surface area contributed by atoms with Crippen LogP contribution in [0.4, 0.5) is 0 Å². The topological polar surface area (TPSA) is 200 Å². The SMILES string of the molecule is C=CCOC(=O)c1cc(OC)c(OC)c(-c2cc(C(=O)OCC=C)cc(OC)c2OC)c1.C=CCOc1c(OC)cc(C)cc1-c1cc(C)cc(OC)c1OCC=C.C=CCc1cc(OC)c(OC)c(-c2cc(CC=C)cc(OC)c2OC)c1.C=Cc1cc(OC)c(OC)c(-c2cc(C=C)cc(OC)c2OC)c1. The van der Waals surface area contributed by atoms with Crippen LogP contribution in [-0.4, -0.2) is 138 Å². The monoisotopic (exact) mass is 1480 g/mol. The van der Waals surface area contributed by atoms with Crippen molar-refractivity contribution in [1.29, 1.82) is 0 Å². The lowest BCUT2D eigenvalue weighted by Gasteiger charge is -2.20. The van der Waals surface area contributed by atoms with Gasteiger partial charge in [-0.15, -0.1) is 13.2 Å². The van der Waals surface area contributed by atoms with E-state index in [1.807, 2.05) is 74.5 Å². The Bertz CT molecular complexity index is 4200. The van der Waals surface area contributed by atoms with E-state index in [0.717, 1.165) is 79.6 Å². The number of methoxy groups -OCH3 is 14. The summed E-state index contributed by atoms with van der Waals surface area (Å²) in [7, 11) is 22.0. The molecule has 8 aromatic carbocycles. The molecule has 0 unspecified atom stereocenters. The fourth-order valence-corrected chi connectivity index (χ4v) is 11.4. The van der Waals surface area contributed by atoms with E-state index in [2.05, 4.69) is 76.9 Å². The van der Waals surface area contributed by atoms with Crippen molar-refractivity contribution < 1.29 is 94.9 Å². The largest absolute Gasteiger partial charge is 0.493 e. The summed E-state index contributed by atoms with van der Waals surface area (Å²) in [5.41, 5.74) is 12.5. The highest BCUT2D eigenvalue weighted by atomic mass is 16.6. The van der Waals surface area contributed by atoms with Crippen molar-refractivity contribution in [2.24, 2.45) is 0 Å². The third kappa shape index (κ3) is 21.3. The second-order valence-electron chi connectivity index (χ2n) is 22.9. The van der Waals surface area contributed by atoms with Crippen molar-refractivity contribution in [3.05, 3.63) is 231 Å². The van der Waals surface area contributed by atoms with Crippen molar-refractivity contribution >= 4 is 24.1 Å². The van der Waals surface area contributed by atoms with Crippen LogP contribution in [0.3, 0.4) is 0 Å². The predicted molar refractivity (Wildman–Crippen MR) is 429 cm³/mol. The maximum Gasteiger partial charge on any atom is 0.338 e. The van der Waals surface area contributed by atoms with Crippen molar-refractivity contribution in [2.75, 3.05) is 126 Å². The Morgan fingerprint density at radius 1 is 0.269 bits per heavy atom. The van der Waals surface area contributed by atoms with E-state index in [1.165, 1.54) is 52.7 Å². The van der Waals surface area contributed by atoms with Gasteiger partial charge in [-0.2, -0.15) is 0 Å². The summed E-state index contributed by atoms with van der Waals surface area (Å²) in [5.74, 6) is 7.78. The Morgan fingerprint density at radius 3 is 0.778 bits per heavy atom. The third-order valence-corrected chi connectivity index (χ3v) is 16.1. The number of ether oxygens (including phenoxy) is 18. The molecule has 0 aromatic heterocycles. The van der Waals surface area contributed by atoms with Crippen molar-refractivity contribution in [2.45, 2.75) is 26.7 Å². The lowest BCUT2D eigenvalue weighted by atomic mass is 9.96. The van der Waals surface area contributed by atoms with Crippen LogP contribution < -0.4 is 75.8 Å². The van der Waals surface area contributed by atoms with Crippen LogP contribution in [0.1, 0.15) is 54.1 Å². The lowest BCUT2D eigenvalue weighted by Crippen LogP contribution is -2.08. The second-order valence-corrected chi connectivity index (χ2v) is 22.9. The van der Waals surface area contributed by atoms with Gasteiger partial charge >= 0.3 is 11.9 Å². The number of hydrogen-bond acceptors (Lipinski definition) is 20. The van der Waals surface area contributed by atoms with E-state index in [4.69, 9.17) is 85.3 Å². The molecular weight excluding hydrogens is 1380 g/mol. The van der Waals surface area contributed by atoms with Crippen LogP contribution in [0.5, 0.6) is 92.0 Å². The Balaban J connectivity index is 0.000000260. The maximum atomic E-state index is 12.5. The van der Waals surface area contributed by atoms with Gasteiger partial charge in [-0.3, -0.25) is 0 Å². The molecule has 0 aliphatic heterocycles. The van der Waals surface area contributed by atoms with Crippen LogP contribution in [0, 0.1) is 13.8 Å². The molecule has 0 bridgehead atoms. The molecule has 0 amide bonds. The molecule has 0 aliphatic rings. The molecule has 0 saturated heterocycles. The number of rotatable bonds is 36. The normalized spacial score (nSPS) is 10.1. The third-order valence-electron chi connectivity index (χ3n) is 16.1. The summed E-state index contributed by atoms with van der Waals surface area (Å²) in [5, 5.41) is 0. The lowest BCUT2D eigenvalue weighted by molar-refractivity contribution is 0.0540. The minimum Gasteiger partial charge on any atom is -0.493 e. The van der Waals surface area contributed by atoms with Crippen LogP contribution in [0.2, 0.25) is 0 Å². The highest BCUT2D eigenvalue weighted by molar-refractivity contribution is 5.97. The number of allylic oxidation sites excluding steroid dienone is 2. The molecule has 0 atom stereocenters. The van der Waals surface area contributed by atoms with E-state index < -0.39 is 11.9 Å². The standard InChI is InChI=1S/C24H26O8.2C22H26O4.C20H22O4/c1-7-9-31-23(25)15-11-17(21(29-5)19(13-15)27-3)18-12-16(24(26)32-10-8-2)14-20(28-4)22(18)30-6;1-7-9-15-11-17(21(25-5)19(13-15)23-3)18-12-16(10-8-2)14-20(24-4)22(18)26-6;1-7-9-25-21-17(11-15(3)13-19(21)23-5)18-12-16(4)14-20(24-6)22(18)26-10-8-2;1-7-13-9-15(19(23-5)17(11-13)21-3)16-10-14(8-2)12-18(22-4)20(16)24-6/h7-8,11-14H,1-2,9-10H2,3-6H3;2*7-8,11-14H,1-2,9-10H2,3-6H3;7-12H,1-2H2,3-6H3. The zero-order chi connectivity index (χ0) is 79.6. The zero-order valence-electron chi connectivity index (χ0n) is 64.9. The van der Waals surface area contributed by atoms with Crippen molar-refractivity contribution in [3.63, 3.8) is 0 Å². The highest BCUT2D eigenvalue weighted by Crippen LogP contribution is 2.51. The number of carbonyl (C=O) groups excluding carboxylic acids is 2. The molecule has 0 fully saturated rings. The predicted octanol–water partition coefficient (Wildman–Crippen LogP) is 18.7. The first-order chi connectivity index (χ1) is 52.2. The van der Waals surface area contributed by atoms with Gasteiger partial charge in [0.05, 0.1) is 111 Å². The Morgan fingerprint density at radius 2 is 0.519 bits per heavy atom. The Kier molecular flexibility index (Phi) is 34.8. The van der Waals surface area contributed by atoms with Gasteiger partial charge in [0.1, 0.15) is 26.4 Å². The van der Waals surface area contributed by atoms with E-state index >= 15 is 0 Å². The van der Waals surface area contributed by atoms with E-state index in [-0.39, 0.29) is 35.8 Å². The van der Waals surface area contributed by atoms with Crippen LogP contribution in [0.25, 0.3) is 56.7 Å². The minimum atomic E-state index is -0.584. The molecule has 8 aromatic rings. The van der Waals surface area contributed by atoms with Gasteiger partial charge in [-0.25, -0.2) is 9.59 Å². The first-order valence-corrected chi connectivity index (χ1v) is 33.7. The highest BCUT2D eigenvalue weighted by Gasteiger charge is 2.28. The molecule has 0 saturated carbocycles. The summed E-state index contributed by atoms with van der Waals surface area (Å²) in [6, 6.07) is 29.8. The molecule has 8 rings (SSSR count). The second kappa shape index (κ2) is 43.6. The maximum absolute atomic E-state index is 12.5. The summed E-state index contributed by atoms with van der Waals surface area (Å²) in [6.07, 6.45) is 15.0. The molecule has 0 radical (unpaired) electrons. The van der Waals surface area contributed by atoms with Crippen molar-refractivity contribution in [3.8, 4) is 136 Å². The zero-order valence-corrected chi connectivity index (χ0v) is 64.9. The number of esters is 2. The molecule has 572 valence electrons. The molecule has 20 nitrogen and oxygen atoms in total. The fraction of sp³-hybridized carbons (Fsp3) is 0.250. The fourth-order valence-electron chi connectivity index (χ4n) is 11.4. The molecule has 0 heterocycles. The van der Waals surface area contributed by atoms with E-state index in [1.54, 1.807) is 108 Å². The number of benzene rings is 8. The molecular formula is C88H100O20. The average molecular weight is 1480 g/mol. The molecule has 20 heteroatoms. The number of hydrogen-bond donors (Lipinski definition) is 0. The van der Waals surface area contributed by atoms with Crippen LogP contribution in [0.15, 0.2) is 186 Å². The smallest absolute Gasteiger partial charge is 0.338 e. The van der Waals surface area contributed by atoms with Gasteiger partial charge in [0.25, 0.3) is 0 Å². The number of carbonyl (C=O) groups is 2. The van der Waals surface area contributed by atoms with Gasteiger partial charge in [-0.1, -0.05) is 88.1 Å². The quantitative estimate of drug-likeness (QED) is 0.0265. The summed E-state index contributed by atoms with van der Waals surface area (Å²) < 4.78 is 99.7. The van der Waals surface area contributed by atoms with E-state index in [9.17, 15) is 9.59 Å². The molecule has 0 N–H and O–H groups in total. The van der Waals surface area contributed by atoms with E-state index in [0.29, 0.717) is 105 Å². The molecule has 0 spiro atoms. The van der Waals surface area contributed by atoms with Gasteiger partial charge in [0, 0.05) is 44.5 Å². The van der Waals surface area contributed by atoms with Gasteiger partial charge in [0.2, 0.25) is 0 Å². The van der Waals surface area contributed by atoms with Crippen LogP contribution >= 0.6 is 0 Å². The summed E-state index contributed by atoms with van der Waals surface area (Å²) >= 11 is 0. The minimum absolute atomic E-state index is 0.0459. The summed E-state index contributed by atoms with van der Waals surface area (Å²) in [6.45, 7) is 34.7. The van der Waals surface area contributed by atoms with Crippen molar-refractivity contribution in [1.82, 2.24) is 0 Å². The Hall–Kier alpha value is -12.6. The first-order valence-electron chi connectivity index (χ1n) is 33.7. The van der Waals surface area contributed by atoms with Gasteiger partial charge < -0.3 is 85.3 Å². The van der Waals surface area contributed by atoms with Gasteiger partial charge in [-0.05, 0) is 157 Å². The first kappa shape index (κ1) is 86.1. The average Bonchev–Trinajstić information content (AvgIpc) is 0.792. The van der Waals surface area contributed by atoms with Crippen LogP contribution in [-0.2, 0) is 22.3 Å². The van der Waals surface area contributed by atoms with Gasteiger partial charge in [0.15, 0.2) is 92.0 Å². The Labute approximate surface area is 635 Å². The molecule has 108 heavy (non-hydrogen) atoms. The molecule has 0 aliphatic carbocycles. The summed E-state index contributed by atoms with van der Waals surface area (Å²) in [4.78, 5) is 25.0.